The lowest BCUT2D eigenvalue weighted by atomic mass is 10.1. The van der Waals surface area contributed by atoms with Crippen LogP contribution in [0.1, 0.15) is 28.5 Å². The molecule has 4 nitrogen and oxygen atoms in total. The molecule has 0 N–H and O–H groups in total. The number of carbonyl (C=O) groups excluding carboxylic acids is 1. The molecule has 2 aromatic heterocycles. The van der Waals surface area contributed by atoms with Crippen LogP contribution in [0.3, 0.4) is 0 Å². The Balaban J connectivity index is 1.81. The van der Waals surface area contributed by atoms with Gasteiger partial charge in [0, 0.05) is 6.20 Å². The van der Waals surface area contributed by atoms with Crippen LogP contribution in [0.15, 0.2) is 60.8 Å². The number of benzene rings is 2. The summed E-state index contributed by atoms with van der Waals surface area (Å²) in [6.07, 6.45) is 2.52. The molecule has 0 fully saturated rings. The van der Waals surface area contributed by atoms with E-state index in [-0.39, 0.29) is 23.0 Å². The molecule has 2 aromatic carbocycles. The first-order chi connectivity index (χ1) is 14.1. The number of halogens is 2. The predicted octanol–water partition coefficient (Wildman–Crippen LogP) is 5.89. The van der Waals surface area contributed by atoms with Gasteiger partial charge in [-0.15, -0.1) is 0 Å². The maximum atomic E-state index is 13.5. The first-order valence-corrected chi connectivity index (χ1v) is 10.3. The van der Waals surface area contributed by atoms with Crippen LogP contribution in [0, 0.1) is 5.82 Å². The normalized spacial score (nSPS) is 11.0. The van der Waals surface area contributed by atoms with E-state index in [1.54, 1.807) is 11.1 Å². The molecule has 0 aliphatic carbocycles. The molecular formula is C22H17ClFN3OS. The Hall–Kier alpha value is -2.83. The molecule has 0 bridgehead atoms. The average molecular weight is 426 g/mol. The van der Waals surface area contributed by atoms with Crippen molar-refractivity contribution < 1.29 is 9.18 Å². The van der Waals surface area contributed by atoms with Gasteiger partial charge in [0.25, 0.3) is 5.91 Å². The highest BCUT2D eigenvalue weighted by atomic mass is 35.5. The highest BCUT2D eigenvalue weighted by Crippen LogP contribution is 2.33. The SMILES string of the molecule is CCc1cccc2sc(N(Cc3ccccn3)C(=O)c3ccc(F)cc3Cl)nc12. The van der Waals surface area contributed by atoms with E-state index in [2.05, 4.69) is 11.9 Å². The summed E-state index contributed by atoms with van der Waals surface area (Å²) < 4.78 is 14.5. The Morgan fingerprint density at radius 1 is 1.17 bits per heavy atom. The minimum atomic E-state index is -0.490. The Bertz CT molecular complexity index is 1180. The molecule has 146 valence electrons. The van der Waals surface area contributed by atoms with Gasteiger partial charge in [0.2, 0.25) is 0 Å². The standard InChI is InChI=1S/C22H17ClFN3OS/c1-2-14-6-5-8-19-20(14)26-22(29-19)27(13-16-7-3-4-11-25-16)21(28)17-10-9-15(24)12-18(17)23/h3-12H,2,13H2,1H3. The quantitative estimate of drug-likeness (QED) is 0.400. The number of carbonyl (C=O) groups is 1. The smallest absolute Gasteiger partial charge is 0.261 e. The topological polar surface area (TPSA) is 46.1 Å². The second-order valence-electron chi connectivity index (χ2n) is 6.45. The fourth-order valence-corrected chi connectivity index (χ4v) is 4.34. The molecule has 7 heteroatoms. The third-order valence-corrected chi connectivity index (χ3v) is 5.91. The van der Waals surface area contributed by atoms with Crippen LogP contribution in [0.2, 0.25) is 5.02 Å². The number of hydrogen-bond acceptors (Lipinski definition) is 4. The van der Waals surface area contributed by atoms with Gasteiger partial charge >= 0.3 is 0 Å². The molecule has 4 aromatic rings. The summed E-state index contributed by atoms with van der Waals surface area (Å²) >= 11 is 7.60. The average Bonchev–Trinajstić information content (AvgIpc) is 3.16. The lowest BCUT2D eigenvalue weighted by molar-refractivity contribution is 0.0985. The molecule has 0 saturated heterocycles. The van der Waals surface area contributed by atoms with E-state index < -0.39 is 5.82 Å². The van der Waals surface area contributed by atoms with E-state index in [9.17, 15) is 9.18 Å². The molecule has 0 spiro atoms. The van der Waals surface area contributed by atoms with Crippen molar-refractivity contribution in [1.29, 1.82) is 0 Å². The number of amides is 1. The second-order valence-corrected chi connectivity index (χ2v) is 7.87. The molecule has 0 unspecified atom stereocenters. The van der Waals surface area contributed by atoms with E-state index in [4.69, 9.17) is 16.6 Å². The third-order valence-electron chi connectivity index (χ3n) is 4.56. The summed E-state index contributed by atoms with van der Waals surface area (Å²) in [6, 6.07) is 15.3. The highest BCUT2D eigenvalue weighted by Gasteiger charge is 2.24. The van der Waals surface area contributed by atoms with Crippen LogP contribution >= 0.6 is 22.9 Å². The second kappa shape index (κ2) is 8.27. The van der Waals surface area contributed by atoms with Gasteiger partial charge in [-0.2, -0.15) is 0 Å². The Kier molecular flexibility index (Phi) is 5.56. The molecular weight excluding hydrogens is 409 g/mol. The van der Waals surface area contributed by atoms with Gasteiger partial charge in [-0.3, -0.25) is 14.7 Å². The number of nitrogens with zero attached hydrogens (tertiary/aromatic N) is 3. The van der Waals surface area contributed by atoms with Crippen molar-refractivity contribution >= 4 is 44.2 Å². The first kappa shape index (κ1) is 19.5. The zero-order valence-corrected chi connectivity index (χ0v) is 17.2. The van der Waals surface area contributed by atoms with Crippen molar-refractivity contribution in [2.45, 2.75) is 19.9 Å². The maximum absolute atomic E-state index is 13.5. The van der Waals surface area contributed by atoms with E-state index in [1.807, 2.05) is 36.4 Å². The molecule has 0 radical (unpaired) electrons. The van der Waals surface area contributed by atoms with Crippen LogP contribution < -0.4 is 4.90 Å². The van der Waals surface area contributed by atoms with Gasteiger partial charge in [-0.05, 0) is 48.4 Å². The van der Waals surface area contributed by atoms with Crippen molar-refractivity contribution in [2.24, 2.45) is 0 Å². The maximum Gasteiger partial charge on any atom is 0.261 e. The lowest BCUT2D eigenvalue weighted by Gasteiger charge is -2.20. The van der Waals surface area contributed by atoms with Crippen LogP contribution in [-0.4, -0.2) is 15.9 Å². The fourth-order valence-electron chi connectivity index (χ4n) is 3.08. The third kappa shape index (κ3) is 3.99. The summed E-state index contributed by atoms with van der Waals surface area (Å²) in [5.41, 5.74) is 2.95. The van der Waals surface area contributed by atoms with E-state index in [1.165, 1.54) is 23.5 Å². The minimum absolute atomic E-state index is 0.0661. The van der Waals surface area contributed by atoms with E-state index in [0.717, 1.165) is 28.3 Å². The molecule has 0 aliphatic heterocycles. The van der Waals surface area contributed by atoms with Crippen molar-refractivity contribution in [1.82, 2.24) is 9.97 Å². The van der Waals surface area contributed by atoms with Gasteiger partial charge in [0.15, 0.2) is 5.13 Å². The Labute approximate surface area is 176 Å². The Morgan fingerprint density at radius 3 is 2.76 bits per heavy atom. The molecule has 0 saturated carbocycles. The minimum Gasteiger partial charge on any atom is -0.278 e. The summed E-state index contributed by atoms with van der Waals surface area (Å²) in [6.45, 7) is 2.30. The number of fused-ring (bicyclic) bond motifs is 1. The van der Waals surface area contributed by atoms with Gasteiger partial charge in [0.05, 0.1) is 33.0 Å². The van der Waals surface area contributed by atoms with Crippen molar-refractivity contribution in [3.63, 3.8) is 0 Å². The summed E-state index contributed by atoms with van der Waals surface area (Å²) in [5.74, 6) is -0.840. The fraction of sp³-hybridized carbons (Fsp3) is 0.136. The summed E-state index contributed by atoms with van der Waals surface area (Å²) in [5, 5.41) is 0.619. The number of hydrogen-bond donors (Lipinski definition) is 0. The van der Waals surface area contributed by atoms with Crippen molar-refractivity contribution in [3.05, 3.63) is 88.5 Å². The molecule has 1 amide bonds. The molecule has 4 rings (SSSR count). The number of pyridine rings is 1. The van der Waals surface area contributed by atoms with Crippen LogP contribution in [0.4, 0.5) is 9.52 Å². The van der Waals surface area contributed by atoms with Gasteiger partial charge in [-0.1, -0.05) is 48.1 Å². The first-order valence-electron chi connectivity index (χ1n) is 9.12. The summed E-state index contributed by atoms with van der Waals surface area (Å²) in [7, 11) is 0. The van der Waals surface area contributed by atoms with E-state index >= 15 is 0 Å². The Morgan fingerprint density at radius 2 is 2.03 bits per heavy atom. The summed E-state index contributed by atoms with van der Waals surface area (Å²) in [4.78, 5) is 24.0. The van der Waals surface area contributed by atoms with Crippen LogP contribution in [0.25, 0.3) is 10.2 Å². The molecule has 2 heterocycles. The van der Waals surface area contributed by atoms with Crippen LogP contribution in [-0.2, 0) is 13.0 Å². The van der Waals surface area contributed by atoms with Crippen molar-refractivity contribution in [2.75, 3.05) is 4.90 Å². The largest absolute Gasteiger partial charge is 0.278 e. The molecule has 29 heavy (non-hydrogen) atoms. The molecule has 0 atom stereocenters. The zero-order valence-electron chi connectivity index (χ0n) is 15.6. The lowest BCUT2D eigenvalue weighted by Crippen LogP contribution is -2.31. The van der Waals surface area contributed by atoms with Crippen molar-refractivity contribution in [3.8, 4) is 0 Å². The monoisotopic (exact) mass is 425 g/mol. The number of aryl methyl sites for hydroxylation is 1. The number of thiazole rings is 1. The highest BCUT2D eigenvalue weighted by molar-refractivity contribution is 7.22. The van der Waals surface area contributed by atoms with Gasteiger partial charge in [0.1, 0.15) is 5.82 Å². The number of anilines is 1. The zero-order chi connectivity index (χ0) is 20.4. The van der Waals surface area contributed by atoms with Gasteiger partial charge < -0.3 is 0 Å². The number of rotatable bonds is 5. The predicted molar refractivity (Wildman–Crippen MR) is 115 cm³/mol. The van der Waals surface area contributed by atoms with Gasteiger partial charge in [-0.25, -0.2) is 9.37 Å². The number of aromatic nitrogens is 2. The van der Waals surface area contributed by atoms with Crippen LogP contribution in [0.5, 0.6) is 0 Å². The number of para-hydroxylation sites is 1. The van der Waals surface area contributed by atoms with E-state index in [0.29, 0.717) is 10.8 Å². The molecule has 0 aliphatic rings.